The molecule has 0 N–H and O–H groups in total. The first-order valence-electron chi connectivity index (χ1n) is 7.62. The minimum Gasteiger partial charge on any atom is -0.379 e. The van der Waals surface area contributed by atoms with Gasteiger partial charge in [-0.05, 0) is 19.3 Å². The molecule has 2 atom stereocenters. The van der Waals surface area contributed by atoms with E-state index in [-0.39, 0.29) is 0 Å². The number of aldehydes is 2. The summed E-state index contributed by atoms with van der Waals surface area (Å²) in [4.78, 5) is 19.1. The van der Waals surface area contributed by atoms with Crippen molar-refractivity contribution < 1.29 is 28.5 Å². The molecule has 2 rings (SSSR count). The van der Waals surface area contributed by atoms with Crippen molar-refractivity contribution in [1.82, 2.24) is 0 Å². The molecular weight excluding hydrogens is 276 g/mol. The van der Waals surface area contributed by atoms with Crippen LogP contribution in [0.4, 0.5) is 0 Å². The predicted octanol–water partition coefficient (Wildman–Crippen LogP) is 1.15. The normalized spacial score (nSPS) is 22.1. The largest absolute Gasteiger partial charge is 0.379 e. The number of ether oxygens (including phenoxy) is 4. The summed E-state index contributed by atoms with van der Waals surface area (Å²) in [7, 11) is 0. The first kappa shape index (κ1) is 18.2. The van der Waals surface area contributed by atoms with Crippen LogP contribution in [0.1, 0.15) is 32.1 Å². The van der Waals surface area contributed by atoms with Crippen LogP contribution in [0.5, 0.6) is 0 Å². The highest BCUT2D eigenvalue weighted by Crippen LogP contribution is 2.09. The van der Waals surface area contributed by atoms with Gasteiger partial charge in [0.1, 0.15) is 24.8 Å². The van der Waals surface area contributed by atoms with Gasteiger partial charge < -0.3 is 28.5 Å². The van der Waals surface area contributed by atoms with Crippen molar-refractivity contribution in [3.63, 3.8) is 0 Å². The third kappa shape index (κ3) is 13.9. The molecule has 0 radical (unpaired) electrons. The Morgan fingerprint density at radius 1 is 0.810 bits per heavy atom. The maximum absolute atomic E-state index is 9.56. The van der Waals surface area contributed by atoms with Gasteiger partial charge in [0.25, 0.3) is 0 Å². The standard InChI is InChI=1S/C10H18O4.C5H8O2/c1(3-11-5-9-7-13-9)2-4-12-6-10-8-14-10;6-4-2-1-3-5-7/h9-10H,1-8H2;4-5H,1-3H2. The van der Waals surface area contributed by atoms with E-state index in [1.165, 1.54) is 0 Å². The summed E-state index contributed by atoms with van der Waals surface area (Å²) in [6.45, 7) is 4.93. The average molecular weight is 302 g/mol. The molecule has 6 nitrogen and oxygen atoms in total. The third-order valence-electron chi connectivity index (χ3n) is 2.88. The van der Waals surface area contributed by atoms with Crippen molar-refractivity contribution in [3.8, 4) is 0 Å². The van der Waals surface area contributed by atoms with Crippen LogP contribution in [0.3, 0.4) is 0 Å². The summed E-state index contributed by atoms with van der Waals surface area (Å²) >= 11 is 0. The molecule has 0 amide bonds. The zero-order valence-corrected chi connectivity index (χ0v) is 12.5. The monoisotopic (exact) mass is 302 g/mol. The summed E-state index contributed by atoms with van der Waals surface area (Å²) in [6, 6.07) is 0. The molecule has 2 heterocycles. The molecule has 0 saturated carbocycles. The molecule has 122 valence electrons. The van der Waals surface area contributed by atoms with E-state index in [0.717, 1.165) is 65.1 Å². The highest BCUT2D eigenvalue weighted by Gasteiger charge is 2.22. The summed E-state index contributed by atoms with van der Waals surface area (Å²) in [5.74, 6) is 0. The second-order valence-electron chi connectivity index (χ2n) is 5.03. The fraction of sp³-hybridized carbons (Fsp3) is 0.867. The first-order chi connectivity index (χ1) is 10.4. The highest BCUT2D eigenvalue weighted by atomic mass is 16.6. The van der Waals surface area contributed by atoms with E-state index in [1.54, 1.807) is 0 Å². The molecule has 2 saturated heterocycles. The fourth-order valence-corrected chi connectivity index (χ4v) is 1.45. The van der Waals surface area contributed by atoms with E-state index in [4.69, 9.17) is 18.9 Å². The Balaban J connectivity index is 0.000000270. The average Bonchev–Trinajstić information content (AvgIpc) is 3.38. The van der Waals surface area contributed by atoms with Gasteiger partial charge in [0.15, 0.2) is 0 Å². The molecule has 6 heteroatoms. The van der Waals surface area contributed by atoms with E-state index in [2.05, 4.69) is 0 Å². The van der Waals surface area contributed by atoms with Crippen LogP contribution in [0.2, 0.25) is 0 Å². The Bertz CT molecular complexity index is 237. The molecule has 0 spiro atoms. The highest BCUT2D eigenvalue weighted by molar-refractivity contribution is 5.52. The second kappa shape index (κ2) is 12.9. The maximum Gasteiger partial charge on any atom is 0.120 e. The topological polar surface area (TPSA) is 77.7 Å². The van der Waals surface area contributed by atoms with Crippen molar-refractivity contribution in [2.45, 2.75) is 44.3 Å². The zero-order valence-electron chi connectivity index (χ0n) is 12.5. The lowest BCUT2D eigenvalue weighted by atomic mass is 10.3. The third-order valence-corrected chi connectivity index (χ3v) is 2.88. The molecule has 2 unspecified atom stereocenters. The number of hydrogen-bond donors (Lipinski definition) is 0. The van der Waals surface area contributed by atoms with Crippen LogP contribution in [-0.2, 0) is 28.5 Å². The molecule has 2 aliphatic heterocycles. The molecule has 0 aliphatic carbocycles. The van der Waals surface area contributed by atoms with Crippen molar-refractivity contribution in [1.29, 1.82) is 0 Å². The van der Waals surface area contributed by atoms with Gasteiger partial charge >= 0.3 is 0 Å². The summed E-state index contributed by atoms with van der Waals surface area (Å²) in [5.41, 5.74) is 0. The number of unbranched alkanes of at least 4 members (excludes halogenated alkanes) is 3. The van der Waals surface area contributed by atoms with Gasteiger partial charge in [0, 0.05) is 26.1 Å². The van der Waals surface area contributed by atoms with E-state index >= 15 is 0 Å². The van der Waals surface area contributed by atoms with Crippen molar-refractivity contribution in [3.05, 3.63) is 0 Å². The van der Waals surface area contributed by atoms with Gasteiger partial charge in [-0.2, -0.15) is 0 Å². The Kier molecular flexibility index (Phi) is 11.2. The number of carbonyl (C=O) groups is 2. The van der Waals surface area contributed by atoms with E-state index in [0.29, 0.717) is 31.5 Å². The van der Waals surface area contributed by atoms with Crippen molar-refractivity contribution in [2.75, 3.05) is 39.6 Å². The summed E-state index contributed by atoms with van der Waals surface area (Å²) in [5, 5.41) is 0. The van der Waals surface area contributed by atoms with Gasteiger partial charge in [-0.1, -0.05) is 0 Å². The number of rotatable bonds is 13. The number of hydrogen-bond acceptors (Lipinski definition) is 6. The number of carbonyl (C=O) groups excluding carboxylic acids is 2. The summed E-state index contributed by atoms with van der Waals surface area (Å²) in [6.07, 6.45) is 6.28. The molecule has 0 aromatic heterocycles. The molecular formula is C15H26O6. The van der Waals surface area contributed by atoms with Crippen LogP contribution in [-0.4, -0.2) is 64.4 Å². The van der Waals surface area contributed by atoms with Gasteiger partial charge in [-0.15, -0.1) is 0 Å². The minimum atomic E-state index is 0.387. The maximum atomic E-state index is 9.56. The second-order valence-corrected chi connectivity index (χ2v) is 5.03. The Morgan fingerprint density at radius 3 is 1.57 bits per heavy atom. The van der Waals surface area contributed by atoms with Crippen LogP contribution in [0, 0.1) is 0 Å². The molecule has 2 fully saturated rings. The molecule has 0 bridgehead atoms. The van der Waals surface area contributed by atoms with E-state index < -0.39 is 0 Å². The predicted molar refractivity (Wildman–Crippen MR) is 76.3 cm³/mol. The van der Waals surface area contributed by atoms with Crippen molar-refractivity contribution >= 4 is 12.6 Å². The lowest BCUT2D eigenvalue weighted by Crippen LogP contribution is -2.05. The molecule has 21 heavy (non-hydrogen) atoms. The Hall–Kier alpha value is -0.820. The lowest BCUT2D eigenvalue weighted by Gasteiger charge is -2.03. The van der Waals surface area contributed by atoms with Crippen LogP contribution in [0.15, 0.2) is 0 Å². The van der Waals surface area contributed by atoms with Gasteiger partial charge in [-0.3, -0.25) is 0 Å². The van der Waals surface area contributed by atoms with Crippen molar-refractivity contribution in [2.24, 2.45) is 0 Å². The Morgan fingerprint density at radius 2 is 1.24 bits per heavy atom. The molecule has 0 aromatic carbocycles. The van der Waals surface area contributed by atoms with Crippen LogP contribution in [0.25, 0.3) is 0 Å². The van der Waals surface area contributed by atoms with Crippen LogP contribution >= 0.6 is 0 Å². The number of epoxide rings is 2. The minimum absolute atomic E-state index is 0.387. The van der Waals surface area contributed by atoms with Gasteiger partial charge in [-0.25, -0.2) is 0 Å². The Labute approximate surface area is 126 Å². The van der Waals surface area contributed by atoms with Gasteiger partial charge in [0.05, 0.1) is 26.4 Å². The lowest BCUT2D eigenvalue weighted by molar-refractivity contribution is -0.108. The fourth-order valence-electron chi connectivity index (χ4n) is 1.45. The van der Waals surface area contributed by atoms with E-state index in [1.807, 2.05) is 0 Å². The summed E-state index contributed by atoms with van der Waals surface area (Å²) < 4.78 is 20.8. The van der Waals surface area contributed by atoms with E-state index in [9.17, 15) is 9.59 Å². The smallest absolute Gasteiger partial charge is 0.120 e. The zero-order chi connectivity index (χ0) is 15.2. The molecule has 2 aliphatic rings. The quantitative estimate of drug-likeness (QED) is 0.288. The first-order valence-corrected chi connectivity index (χ1v) is 7.62. The molecule has 0 aromatic rings. The SMILES string of the molecule is C(CCOCC1CO1)COCC1CO1.O=CCCCC=O. The van der Waals surface area contributed by atoms with Gasteiger partial charge in [0.2, 0.25) is 0 Å². The van der Waals surface area contributed by atoms with Crippen LogP contribution < -0.4 is 0 Å².